The summed E-state index contributed by atoms with van der Waals surface area (Å²) < 4.78 is 1.19. The summed E-state index contributed by atoms with van der Waals surface area (Å²) in [6, 6.07) is 9.00. The molecule has 1 aromatic rings. The lowest BCUT2D eigenvalue weighted by Crippen LogP contribution is -2.27. The van der Waals surface area contributed by atoms with E-state index in [0.717, 1.165) is 6.54 Å². The quantitative estimate of drug-likeness (QED) is 0.846. The maximum atomic E-state index is 3.55. The molecule has 0 aliphatic carbocycles. The first-order chi connectivity index (χ1) is 6.77. The zero-order valence-corrected chi connectivity index (χ0v) is 10.5. The molecule has 1 aromatic carbocycles. The molecule has 0 saturated heterocycles. The van der Waals surface area contributed by atoms with Crippen LogP contribution in [0.4, 0.5) is 0 Å². The molecule has 0 bridgehead atoms. The Labute approximate surface area is 95.0 Å². The fourth-order valence-electron chi connectivity index (χ4n) is 1.47. The Morgan fingerprint density at radius 3 is 2.43 bits per heavy atom. The van der Waals surface area contributed by atoms with Gasteiger partial charge in [0.15, 0.2) is 0 Å². The summed E-state index contributed by atoms with van der Waals surface area (Å²) in [5, 5.41) is 3.55. The van der Waals surface area contributed by atoms with Crippen molar-refractivity contribution < 1.29 is 0 Å². The van der Waals surface area contributed by atoms with Gasteiger partial charge in [0.1, 0.15) is 0 Å². The van der Waals surface area contributed by atoms with Gasteiger partial charge in [-0.2, -0.15) is 0 Å². The van der Waals surface area contributed by atoms with Crippen molar-refractivity contribution >= 4 is 15.9 Å². The Hall–Kier alpha value is -0.340. The second kappa shape index (κ2) is 6.20. The fourth-order valence-corrected chi connectivity index (χ4v) is 1.90. The van der Waals surface area contributed by atoms with Crippen LogP contribution in [0.1, 0.15) is 32.3 Å². The topological polar surface area (TPSA) is 12.0 Å². The van der Waals surface area contributed by atoms with Gasteiger partial charge in [0.2, 0.25) is 0 Å². The lowest BCUT2D eigenvalue weighted by Gasteiger charge is -2.15. The molecule has 14 heavy (non-hydrogen) atoms. The first-order valence-electron chi connectivity index (χ1n) is 5.24. The third-order valence-corrected chi connectivity index (χ3v) is 3.30. The van der Waals surface area contributed by atoms with E-state index in [-0.39, 0.29) is 0 Å². The second-order valence-electron chi connectivity index (χ2n) is 3.49. The molecule has 0 fully saturated rings. The van der Waals surface area contributed by atoms with Crippen LogP contribution in [0.25, 0.3) is 0 Å². The van der Waals surface area contributed by atoms with Crippen molar-refractivity contribution in [3.05, 3.63) is 34.3 Å². The van der Waals surface area contributed by atoms with Crippen molar-refractivity contribution in [2.24, 2.45) is 0 Å². The Bertz CT molecular complexity index is 269. The molecular formula is C12H18BrN. The third-order valence-electron chi connectivity index (χ3n) is 2.52. The summed E-state index contributed by atoms with van der Waals surface area (Å²) in [6.45, 7) is 5.40. The van der Waals surface area contributed by atoms with E-state index >= 15 is 0 Å². The van der Waals surface area contributed by atoms with Crippen LogP contribution in [0, 0.1) is 0 Å². The van der Waals surface area contributed by atoms with Gasteiger partial charge in [-0.15, -0.1) is 0 Å². The molecular weight excluding hydrogens is 238 g/mol. The van der Waals surface area contributed by atoms with Crippen LogP contribution in [0.15, 0.2) is 28.7 Å². The van der Waals surface area contributed by atoms with Gasteiger partial charge in [-0.05, 0) is 24.5 Å². The molecule has 0 saturated carbocycles. The highest BCUT2D eigenvalue weighted by atomic mass is 79.9. The van der Waals surface area contributed by atoms with Crippen molar-refractivity contribution in [3.63, 3.8) is 0 Å². The number of nitrogens with one attached hydrogen (secondary N) is 1. The van der Waals surface area contributed by atoms with Crippen molar-refractivity contribution in [2.45, 2.75) is 39.3 Å². The molecule has 0 aromatic heterocycles. The van der Waals surface area contributed by atoms with E-state index in [0.29, 0.717) is 6.04 Å². The SMILES string of the molecule is CCC(CC)NCc1ccccc1Br. The van der Waals surface area contributed by atoms with Crippen LogP contribution in [0.5, 0.6) is 0 Å². The normalized spacial score (nSPS) is 10.9. The van der Waals surface area contributed by atoms with E-state index in [9.17, 15) is 0 Å². The minimum absolute atomic E-state index is 0.641. The Morgan fingerprint density at radius 1 is 1.21 bits per heavy atom. The van der Waals surface area contributed by atoms with Gasteiger partial charge in [-0.25, -0.2) is 0 Å². The molecule has 1 N–H and O–H groups in total. The van der Waals surface area contributed by atoms with Gasteiger partial charge in [0.05, 0.1) is 0 Å². The smallest absolute Gasteiger partial charge is 0.0220 e. The minimum atomic E-state index is 0.641. The molecule has 1 nitrogen and oxygen atoms in total. The van der Waals surface area contributed by atoms with Crippen molar-refractivity contribution in [1.82, 2.24) is 5.32 Å². The zero-order valence-electron chi connectivity index (χ0n) is 8.89. The molecule has 0 aliphatic heterocycles. The molecule has 0 amide bonds. The number of rotatable bonds is 5. The molecule has 2 heteroatoms. The maximum Gasteiger partial charge on any atom is 0.0220 e. The summed E-state index contributed by atoms with van der Waals surface area (Å²) in [5.74, 6) is 0. The first-order valence-corrected chi connectivity index (χ1v) is 6.04. The maximum absolute atomic E-state index is 3.55. The number of benzene rings is 1. The standard InChI is InChI=1S/C12H18BrN/c1-3-11(4-2)14-9-10-7-5-6-8-12(10)13/h5-8,11,14H,3-4,9H2,1-2H3. The summed E-state index contributed by atoms with van der Waals surface area (Å²) in [5.41, 5.74) is 1.33. The van der Waals surface area contributed by atoms with Crippen LogP contribution in [-0.4, -0.2) is 6.04 Å². The van der Waals surface area contributed by atoms with Crippen LogP contribution in [-0.2, 0) is 6.54 Å². The van der Waals surface area contributed by atoms with Crippen LogP contribution < -0.4 is 5.32 Å². The van der Waals surface area contributed by atoms with Crippen molar-refractivity contribution in [3.8, 4) is 0 Å². The minimum Gasteiger partial charge on any atom is -0.310 e. The van der Waals surface area contributed by atoms with E-state index in [1.165, 1.54) is 22.9 Å². The molecule has 0 radical (unpaired) electrons. The Morgan fingerprint density at radius 2 is 1.86 bits per heavy atom. The summed E-state index contributed by atoms with van der Waals surface area (Å²) >= 11 is 3.55. The van der Waals surface area contributed by atoms with Gasteiger partial charge in [0, 0.05) is 17.1 Å². The Balaban J connectivity index is 2.49. The third kappa shape index (κ3) is 3.43. The van der Waals surface area contributed by atoms with Gasteiger partial charge in [0.25, 0.3) is 0 Å². The van der Waals surface area contributed by atoms with Crippen LogP contribution >= 0.6 is 15.9 Å². The van der Waals surface area contributed by atoms with Crippen LogP contribution in [0.2, 0.25) is 0 Å². The van der Waals surface area contributed by atoms with Gasteiger partial charge >= 0.3 is 0 Å². The van der Waals surface area contributed by atoms with E-state index in [2.05, 4.69) is 53.3 Å². The van der Waals surface area contributed by atoms with Gasteiger partial charge < -0.3 is 5.32 Å². The zero-order chi connectivity index (χ0) is 10.4. The second-order valence-corrected chi connectivity index (χ2v) is 4.34. The van der Waals surface area contributed by atoms with Gasteiger partial charge in [-0.1, -0.05) is 48.0 Å². The molecule has 1 rings (SSSR count). The highest BCUT2D eigenvalue weighted by molar-refractivity contribution is 9.10. The molecule has 0 atom stereocenters. The summed E-state index contributed by atoms with van der Waals surface area (Å²) in [6.07, 6.45) is 2.39. The van der Waals surface area contributed by atoms with Crippen molar-refractivity contribution in [2.75, 3.05) is 0 Å². The molecule has 0 heterocycles. The lowest BCUT2D eigenvalue weighted by atomic mass is 10.1. The predicted octanol–water partition coefficient (Wildman–Crippen LogP) is 3.73. The molecule has 0 spiro atoms. The summed E-state index contributed by atoms with van der Waals surface area (Å²) in [4.78, 5) is 0. The Kier molecular flexibility index (Phi) is 5.20. The first kappa shape index (κ1) is 11.7. The van der Waals surface area contributed by atoms with E-state index < -0.39 is 0 Å². The van der Waals surface area contributed by atoms with Gasteiger partial charge in [-0.3, -0.25) is 0 Å². The van der Waals surface area contributed by atoms with E-state index in [4.69, 9.17) is 0 Å². The average Bonchev–Trinajstić information content (AvgIpc) is 2.22. The van der Waals surface area contributed by atoms with Crippen LogP contribution in [0.3, 0.4) is 0 Å². The highest BCUT2D eigenvalue weighted by Crippen LogP contribution is 2.15. The van der Waals surface area contributed by atoms with E-state index in [1.807, 2.05) is 6.07 Å². The van der Waals surface area contributed by atoms with E-state index in [1.54, 1.807) is 0 Å². The molecule has 0 aliphatic rings. The largest absolute Gasteiger partial charge is 0.310 e. The number of hydrogen-bond donors (Lipinski definition) is 1. The highest BCUT2D eigenvalue weighted by Gasteiger charge is 2.03. The van der Waals surface area contributed by atoms with Crippen molar-refractivity contribution in [1.29, 1.82) is 0 Å². The lowest BCUT2D eigenvalue weighted by molar-refractivity contribution is 0.483. The fraction of sp³-hybridized carbons (Fsp3) is 0.500. The number of hydrogen-bond acceptors (Lipinski definition) is 1. The molecule has 0 unspecified atom stereocenters. The monoisotopic (exact) mass is 255 g/mol. The summed E-state index contributed by atoms with van der Waals surface area (Å²) in [7, 11) is 0. The average molecular weight is 256 g/mol. The predicted molar refractivity (Wildman–Crippen MR) is 65.4 cm³/mol. The number of halogens is 1. The molecule has 78 valence electrons.